The van der Waals surface area contributed by atoms with Crippen LogP contribution in [-0.4, -0.2) is 59.9 Å². The van der Waals surface area contributed by atoms with Gasteiger partial charge in [-0.25, -0.2) is 14.4 Å². The number of carbonyl (C=O) groups is 1. The number of fused-ring (bicyclic) bond motifs is 2. The minimum absolute atomic E-state index is 0.0341. The number of amides is 1. The van der Waals surface area contributed by atoms with Crippen LogP contribution in [0.2, 0.25) is 0 Å². The summed E-state index contributed by atoms with van der Waals surface area (Å²) in [7, 11) is 1.72. The molecule has 2 N–H and O–H groups in total. The Morgan fingerprint density at radius 3 is 2.88 bits per heavy atom. The first-order chi connectivity index (χ1) is 15.9. The highest BCUT2D eigenvalue weighted by molar-refractivity contribution is 5.93. The Kier molecular flexibility index (Phi) is 5.25. The smallest absolute Gasteiger partial charge is 0.283 e. The molecule has 1 unspecified atom stereocenters. The van der Waals surface area contributed by atoms with E-state index in [0.717, 1.165) is 23.6 Å². The van der Waals surface area contributed by atoms with Gasteiger partial charge in [-0.3, -0.25) is 9.59 Å². The SMILES string of the molecule is CN(CC1CC1)C(=O)c1cc2n(CC(O)Nc3ccc(F)cn3)c3ncccc3c(=O)n2n1. The molecule has 5 rings (SSSR count). The minimum atomic E-state index is -1.15. The quantitative estimate of drug-likeness (QED) is 0.409. The van der Waals surface area contributed by atoms with E-state index in [1.165, 1.54) is 18.2 Å². The van der Waals surface area contributed by atoms with Crippen LogP contribution in [0.25, 0.3) is 16.7 Å². The van der Waals surface area contributed by atoms with Gasteiger partial charge in [-0.15, -0.1) is 0 Å². The molecule has 11 heteroatoms. The number of aliphatic hydroxyl groups excluding tert-OH is 1. The molecule has 0 spiro atoms. The Labute approximate surface area is 187 Å². The molecule has 0 bridgehead atoms. The van der Waals surface area contributed by atoms with Crippen LogP contribution < -0.4 is 10.9 Å². The molecular weight excluding hydrogens is 429 g/mol. The second-order valence-corrected chi connectivity index (χ2v) is 8.24. The number of rotatable bonds is 7. The van der Waals surface area contributed by atoms with Gasteiger partial charge < -0.3 is 19.9 Å². The maximum Gasteiger partial charge on any atom is 0.283 e. The lowest BCUT2D eigenvalue weighted by Gasteiger charge is -2.17. The average Bonchev–Trinajstić information content (AvgIpc) is 3.51. The maximum absolute atomic E-state index is 13.1. The number of aliphatic hydroxyl groups is 1. The molecule has 1 aliphatic rings. The predicted molar refractivity (Wildman–Crippen MR) is 118 cm³/mol. The van der Waals surface area contributed by atoms with E-state index < -0.39 is 17.6 Å². The molecule has 0 radical (unpaired) electrons. The number of aromatic nitrogens is 5. The van der Waals surface area contributed by atoms with E-state index >= 15 is 0 Å². The third kappa shape index (κ3) is 4.14. The summed E-state index contributed by atoms with van der Waals surface area (Å²) in [6.45, 7) is 0.612. The fraction of sp³-hybridized carbons (Fsp3) is 0.318. The van der Waals surface area contributed by atoms with Crippen LogP contribution in [0.3, 0.4) is 0 Å². The van der Waals surface area contributed by atoms with Gasteiger partial charge in [-0.2, -0.15) is 9.61 Å². The Morgan fingerprint density at radius 2 is 2.15 bits per heavy atom. The van der Waals surface area contributed by atoms with Crippen LogP contribution in [0, 0.1) is 11.7 Å². The number of pyridine rings is 2. The van der Waals surface area contributed by atoms with Crippen molar-refractivity contribution in [3.8, 4) is 0 Å². The van der Waals surface area contributed by atoms with Crippen molar-refractivity contribution < 1.29 is 14.3 Å². The van der Waals surface area contributed by atoms with Gasteiger partial charge in [-0.05, 0) is 43.0 Å². The Bertz CT molecular complexity index is 1400. The molecule has 1 fully saturated rings. The number of nitrogens with one attached hydrogen (secondary N) is 1. The van der Waals surface area contributed by atoms with E-state index in [-0.39, 0.29) is 24.0 Å². The van der Waals surface area contributed by atoms with Gasteiger partial charge in [0, 0.05) is 25.9 Å². The zero-order valence-corrected chi connectivity index (χ0v) is 17.8. The standard InChI is InChI=1S/C22H22FN7O3/c1-28(11-13-4-5-13)22(33)16-9-19-29(12-18(31)26-17-7-6-14(23)10-25-17)20-15(3-2-8-24-20)21(32)30(19)27-16/h2-3,6-10,13,18,31H,4-5,11-12H2,1H3,(H,25,26). The monoisotopic (exact) mass is 451 g/mol. The normalized spacial score (nSPS) is 14.5. The molecule has 1 atom stereocenters. The van der Waals surface area contributed by atoms with Crippen molar-refractivity contribution in [1.29, 1.82) is 0 Å². The summed E-state index contributed by atoms with van der Waals surface area (Å²) < 4.78 is 15.9. The molecule has 4 aromatic heterocycles. The summed E-state index contributed by atoms with van der Waals surface area (Å²) >= 11 is 0. The summed E-state index contributed by atoms with van der Waals surface area (Å²) in [5.74, 6) is 0.0339. The molecule has 4 heterocycles. The Hall–Kier alpha value is -3.86. The van der Waals surface area contributed by atoms with E-state index in [4.69, 9.17) is 0 Å². The highest BCUT2D eigenvalue weighted by atomic mass is 19.1. The van der Waals surface area contributed by atoms with Crippen LogP contribution in [-0.2, 0) is 6.54 Å². The lowest BCUT2D eigenvalue weighted by molar-refractivity contribution is 0.0782. The molecular formula is C22H22FN7O3. The van der Waals surface area contributed by atoms with Crippen LogP contribution in [0.1, 0.15) is 23.3 Å². The van der Waals surface area contributed by atoms with Crippen molar-refractivity contribution in [2.45, 2.75) is 25.6 Å². The first kappa shape index (κ1) is 21.0. The molecule has 1 saturated carbocycles. The first-order valence-corrected chi connectivity index (χ1v) is 10.6. The molecule has 4 aromatic rings. The first-order valence-electron chi connectivity index (χ1n) is 10.6. The van der Waals surface area contributed by atoms with E-state index in [1.807, 2.05) is 0 Å². The van der Waals surface area contributed by atoms with Gasteiger partial charge in [-0.1, -0.05) is 0 Å². The number of hydrogen-bond donors (Lipinski definition) is 2. The van der Waals surface area contributed by atoms with Crippen LogP contribution >= 0.6 is 0 Å². The number of halogens is 1. The van der Waals surface area contributed by atoms with Gasteiger partial charge in [0.1, 0.15) is 29.2 Å². The van der Waals surface area contributed by atoms with Gasteiger partial charge >= 0.3 is 0 Å². The van der Waals surface area contributed by atoms with Crippen molar-refractivity contribution in [3.63, 3.8) is 0 Å². The summed E-state index contributed by atoms with van der Waals surface area (Å²) in [5, 5.41) is 18.0. The van der Waals surface area contributed by atoms with Crippen LogP contribution in [0.4, 0.5) is 10.2 Å². The fourth-order valence-electron chi connectivity index (χ4n) is 3.82. The molecule has 1 aliphatic carbocycles. The highest BCUT2D eigenvalue weighted by Gasteiger charge is 2.27. The van der Waals surface area contributed by atoms with Crippen molar-refractivity contribution >= 4 is 28.4 Å². The van der Waals surface area contributed by atoms with E-state index in [0.29, 0.717) is 29.1 Å². The summed E-state index contributed by atoms with van der Waals surface area (Å²) in [6, 6.07) is 7.41. The lowest BCUT2D eigenvalue weighted by atomic mass is 10.3. The van der Waals surface area contributed by atoms with Crippen LogP contribution in [0.5, 0.6) is 0 Å². The fourth-order valence-corrected chi connectivity index (χ4v) is 3.82. The second-order valence-electron chi connectivity index (χ2n) is 8.24. The molecule has 10 nitrogen and oxygen atoms in total. The van der Waals surface area contributed by atoms with Crippen molar-refractivity contribution in [2.75, 3.05) is 18.9 Å². The van der Waals surface area contributed by atoms with Crippen molar-refractivity contribution in [2.24, 2.45) is 5.92 Å². The van der Waals surface area contributed by atoms with E-state index in [1.54, 1.807) is 34.8 Å². The molecule has 0 saturated heterocycles. The molecule has 0 aliphatic heterocycles. The highest BCUT2D eigenvalue weighted by Crippen LogP contribution is 2.29. The summed E-state index contributed by atoms with van der Waals surface area (Å²) in [6.07, 6.45) is 3.65. The largest absolute Gasteiger partial charge is 0.372 e. The van der Waals surface area contributed by atoms with Crippen LogP contribution in [0.15, 0.2) is 47.5 Å². The number of hydrogen-bond acceptors (Lipinski definition) is 7. The zero-order valence-electron chi connectivity index (χ0n) is 17.8. The summed E-state index contributed by atoms with van der Waals surface area (Å²) in [5.41, 5.74) is 0.397. The third-order valence-corrected chi connectivity index (χ3v) is 5.62. The van der Waals surface area contributed by atoms with Crippen molar-refractivity contribution in [3.05, 3.63) is 64.6 Å². The number of nitrogens with zero attached hydrogens (tertiary/aromatic N) is 6. The third-order valence-electron chi connectivity index (χ3n) is 5.62. The number of carbonyl (C=O) groups excluding carboxylic acids is 1. The predicted octanol–water partition coefficient (Wildman–Crippen LogP) is 1.49. The molecule has 0 aromatic carbocycles. The van der Waals surface area contributed by atoms with E-state index in [9.17, 15) is 19.1 Å². The van der Waals surface area contributed by atoms with Gasteiger partial charge in [0.05, 0.1) is 18.1 Å². The average molecular weight is 451 g/mol. The maximum atomic E-state index is 13.1. The van der Waals surface area contributed by atoms with Gasteiger partial charge in [0.15, 0.2) is 5.69 Å². The van der Waals surface area contributed by atoms with Gasteiger partial charge in [0.2, 0.25) is 0 Å². The van der Waals surface area contributed by atoms with Crippen molar-refractivity contribution in [1.82, 2.24) is 29.0 Å². The number of anilines is 1. The Balaban J connectivity index is 1.54. The second kappa shape index (κ2) is 8.24. The zero-order chi connectivity index (χ0) is 23.1. The Morgan fingerprint density at radius 1 is 1.33 bits per heavy atom. The lowest BCUT2D eigenvalue weighted by Crippen LogP contribution is -2.29. The van der Waals surface area contributed by atoms with Gasteiger partial charge in [0.25, 0.3) is 11.5 Å². The topological polar surface area (TPSA) is 118 Å². The minimum Gasteiger partial charge on any atom is -0.372 e. The summed E-state index contributed by atoms with van der Waals surface area (Å²) in [4.78, 5) is 35.8. The molecule has 1 amide bonds. The molecule has 33 heavy (non-hydrogen) atoms. The van der Waals surface area contributed by atoms with E-state index in [2.05, 4.69) is 20.4 Å². The molecule has 170 valence electrons.